The summed E-state index contributed by atoms with van der Waals surface area (Å²) in [4.78, 5) is 16.2. The van der Waals surface area contributed by atoms with Gasteiger partial charge < -0.3 is 4.90 Å². The molecule has 0 radical (unpaired) electrons. The first-order chi connectivity index (χ1) is 10.8. The maximum absolute atomic E-state index is 12.4. The van der Waals surface area contributed by atoms with Crippen LogP contribution in [0.4, 0.5) is 0 Å². The first-order valence-electron chi connectivity index (χ1n) is 7.81. The molecule has 0 bridgehead atoms. The van der Waals surface area contributed by atoms with Crippen LogP contribution in [0.15, 0.2) is 18.2 Å². The summed E-state index contributed by atoms with van der Waals surface area (Å²) in [6.07, 6.45) is 1.10. The van der Waals surface area contributed by atoms with E-state index in [4.69, 9.17) is 23.2 Å². The van der Waals surface area contributed by atoms with Crippen molar-refractivity contribution in [2.75, 3.05) is 32.1 Å². The molecule has 0 aromatic heterocycles. The van der Waals surface area contributed by atoms with E-state index in [-0.39, 0.29) is 5.91 Å². The van der Waals surface area contributed by atoms with Crippen molar-refractivity contribution < 1.29 is 4.79 Å². The van der Waals surface area contributed by atoms with Crippen molar-refractivity contribution in [2.24, 2.45) is 0 Å². The molecule has 0 saturated carbocycles. The third-order valence-corrected chi connectivity index (χ3v) is 5.52. The van der Waals surface area contributed by atoms with Crippen LogP contribution in [0.2, 0.25) is 10.0 Å². The molecule has 0 aliphatic heterocycles. The first-order valence-corrected chi connectivity index (χ1v) is 9.72. The summed E-state index contributed by atoms with van der Waals surface area (Å²) in [6, 6.07) is 5.86. The van der Waals surface area contributed by atoms with Crippen LogP contribution in [0.5, 0.6) is 0 Å². The van der Waals surface area contributed by atoms with Gasteiger partial charge in [0.05, 0.1) is 16.6 Å². The van der Waals surface area contributed by atoms with E-state index in [1.807, 2.05) is 38.0 Å². The Labute approximate surface area is 154 Å². The number of hydrogen-bond acceptors (Lipinski definition) is 3. The lowest BCUT2D eigenvalue weighted by Crippen LogP contribution is -2.40. The zero-order valence-corrected chi connectivity index (χ0v) is 16.6. The second-order valence-corrected chi connectivity index (χ2v) is 7.96. The number of thioether (sulfide) groups is 1. The van der Waals surface area contributed by atoms with Crippen molar-refractivity contribution in [3.05, 3.63) is 33.8 Å². The zero-order valence-electron chi connectivity index (χ0n) is 14.3. The molecule has 0 aliphatic carbocycles. The molecular weight excluding hydrogens is 351 g/mol. The van der Waals surface area contributed by atoms with Gasteiger partial charge in [-0.2, -0.15) is 11.8 Å². The van der Waals surface area contributed by atoms with Crippen LogP contribution < -0.4 is 0 Å². The molecule has 130 valence electrons. The Morgan fingerprint density at radius 1 is 1.26 bits per heavy atom. The highest BCUT2D eigenvalue weighted by Gasteiger charge is 2.16. The predicted molar refractivity (Wildman–Crippen MR) is 103 cm³/mol. The van der Waals surface area contributed by atoms with Gasteiger partial charge in [0.1, 0.15) is 0 Å². The molecule has 0 spiro atoms. The minimum absolute atomic E-state index is 0.105. The number of carbonyl (C=O) groups excluding carboxylic acids is 1. The van der Waals surface area contributed by atoms with E-state index < -0.39 is 0 Å². The average Bonchev–Trinajstić information content (AvgIpc) is 2.50. The van der Waals surface area contributed by atoms with Crippen molar-refractivity contribution in [3.8, 4) is 0 Å². The van der Waals surface area contributed by atoms with E-state index in [1.54, 1.807) is 11.0 Å². The van der Waals surface area contributed by atoms with Crippen LogP contribution in [-0.2, 0) is 11.3 Å². The van der Waals surface area contributed by atoms with Gasteiger partial charge in [-0.05, 0) is 49.6 Å². The maximum atomic E-state index is 12.4. The van der Waals surface area contributed by atoms with E-state index >= 15 is 0 Å². The molecule has 3 nitrogen and oxygen atoms in total. The molecule has 0 aliphatic rings. The quantitative estimate of drug-likeness (QED) is 0.596. The van der Waals surface area contributed by atoms with E-state index in [2.05, 4.69) is 18.7 Å². The number of carbonyl (C=O) groups is 1. The first kappa shape index (κ1) is 20.6. The predicted octanol–water partition coefficient (Wildman–Crippen LogP) is 4.42. The summed E-state index contributed by atoms with van der Waals surface area (Å²) in [5.74, 6) is 2.38. The highest BCUT2D eigenvalue weighted by Crippen LogP contribution is 2.23. The Bertz CT molecular complexity index is 513. The Morgan fingerprint density at radius 2 is 1.96 bits per heavy atom. The SMILES string of the molecule is CCSCC[C@@H](C)N(C)CC(=O)N(C)Cc1ccc(Cl)c(Cl)c1. The molecule has 1 amide bonds. The number of benzene rings is 1. The molecule has 0 fully saturated rings. The van der Waals surface area contributed by atoms with Gasteiger partial charge in [0, 0.05) is 19.6 Å². The number of rotatable bonds is 9. The van der Waals surface area contributed by atoms with E-state index in [9.17, 15) is 4.79 Å². The van der Waals surface area contributed by atoms with Gasteiger partial charge in [-0.25, -0.2) is 0 Å². The van der Waals surface area contributed by atoms with Crippen LogP contribution in [0.25, 0.3) is 0 Å². The van der Waals surface area contributed by atoms with Gasteiger partial charge >= 0.3 is 0 Å². The van der Waals surface area contributed by atoms with Crippen LogP contribution >= 0.6 is 35.0 Å². The summed E-state index contributed by atoms with van der Waals surface area (Å²) < 4.78 is 0. The van der Waals surface area contributed by atoms with Crippen LogP contribution in [0, 0.1) is 0 Å². The Hall–Kier alpha value is -0.420. The molecule has 0 saturated heterocycles. The van der Waals surface area contributed by atoms with Gasteiger partial charge in [0.15, 0.2) is 0 Å². The van der Waals surface area contributed by atoms with Gasteiger partial charge in [0.25, 0.3) is 0 Å². The van der Waals surface area contributed by atoms with Crippen molar-refractivity contribution >= 4 is 40.9 Å². The highest BCUT2D eigenvalue weighted by molar-refractivity contribution is 7.99. The minimum atomic E-state index is 0.105. The topological polar surface area (TPSA) is 23.6 Å². The largest absolute Gasteiger partial charge is 0.340 e. The molecule has 1 atom stereocenters. The number of amides is 1. The molecule has 0 N–H and O–H groups in total. The van der Waals surface area contributed by atoms with Crippen molar-refractivity contribution in [2.45, 2.75) is 32.9 Å². The molecule has 1 rings (SSSR count). The molecule has 23 heavy (non-hydrogen) atoms. The lowest BCUT2D eigenvalue weighted by molar-refractivity contribution is -0.131. The standard InChI is InChI=1S/C17H26Cl2N2OS/c1-5-23-9-8-13(2)20(3)12-17(22)21(4)11-14-6-7-15(18)16(19)10-14/h6-7,10,13H,5,8-9,11-12H2,1-4H3/t13-/m1/s1. The monoisotopic (exact) mass is 376 g/mol. The zero-order chi connectivity index (χ0) is 17.4. The third kappa shape index (κ3) is 7.34. The Kier molecular flexibility index (Phi) is 9.37. The van der Waals surface area contributed by atoms with Gasteiger partial charge in [-0.3, -0.25) is 9.69 Å². The third-order valence-electron chi connectivity index (χ3n) is 3.85. The molecular formula is C17H26Cl2N2OS. The maximum Gasteiger partial charge on any atom is 0.236 e. The van der Waals surface area contributed by atoms with Crippen LogP contribution in [-0.4, -0.2) is 53.9 Å². The van der Waals surface area contributed by atoms with Gasteiger partial charge in [-0.1, -0.05) is 36.2 Å². The van der Waals surface area contributed by atoms with Gasteiger partial charge in [-0.15, -0.1) is 0 Å². The normalized spacial score (nSPS) is 12.5. The van der Waals surface area contributed by atoms with Crippen LogP contribution in [0.3, 0.4) is 0 Å². The van der Waals surface area contributed by atoms with E-state index in [0.29, 0.717) is 29.2 Å². The average molecular weight is 377 g/mol. The van der Waals surface area contributed by atoms with Crippen LogP contribution in [0.1, 0.15) is 25.8 Å². The lowest BCUT2D eigenvalue weighted by atomic mass is 10.2. The molecule has 1 aromatic rings. The fourth-order valence-electron chi connectivity index (χ4n) is 2.11. The molecule has 6 heteroatoms. The summed E-state index contributed by atoms with van der Waals surface area (Å²) >= 11 is 13.9. The number of nitrogens with zero attached hydrogens (tertiary/aromatic N) is 2. The molecule has 0 heterocycles. The summed E-state index contributed by atoms with van der Waals surface area (Å²) in [5, 5.41) is 1.05. The second kappa shape index (κ2) is 10.4. The Morgan fingerprint density at radius 3 is 2.57 bits per heavy atom. The van der Waals surface area contributed by atoms with Crippen molar-refractivity contribution in [1.29, 1.82) is 0 Å². The summed E-state index contributed by atoms with van der Waals surface area (Å²) in [6.45, 7) is 5.29. The fourth-order valence-corrected chi connectivity index (χ4v) is 3.23. The lowest BCUT2D eigenvalue weighted by Gasteiger charge is -2.26. The molecule has 1 aromatic carbocycles. The smallest absolute Gasteiger partial charge is 0.236 e. The van der Waals surface area contributed by atoms with E-state index in [0.717, 1.165) is 23.5 Å². The second-order valence-electron chi connectivity index (χ2n) is 5.75. The Balaban J connectivity index is 2.47. The molecule has 0 unspecified atom stereocenters. The summed E-state index contributed by atoms with van der Waals surface area (Å²) in [7, 11) is 3.82. The fraction of sp³-hybridized carbons (Fsp3) is 0.588. The summed E-state index contributed by atoms with van der Waals surface area (Å²) in [5.41, 5.74) is 0.977. The number of halogens is 2. The number of hydrogen-bond donors (Lipinski definition) is 0. The van der Waals surface area contributed by atoms with Crippen molar-refractivity contribution in [3.63, 3.8) is 0 Å². The number of likely N-dealkylation sites (N-methyl/N-ethyl adjacent to an activating group) is 2. The van der Waals surface area contributed by atoms with Crippen molar-refractivity contribution in [1.82, 2.24) is 9.80 Å². The minimum Gasteiger partial charge on any atom is -0.340 e. The highest BCUT2D eigenvalue weighted by atomic mass is 35.5. The van der Waals surface area contributed by atoms with E-state index in [1.165, 1.54) is 0 Å². The van der Waals surface area contributed by atoms with Gasteiger partial charge in [0.2, 0.25) is 5.91 Å².